The summed E-state index contributed by atoms with van der Waals surface area (Å²) in [5.41, 5.74) is 0.439. The van der Waals surface area contributed by atoms with Crippen LogP contribution >= 0.6 is 0 Å². The second-order valence-electron chi connectivity index (χ2n) is 6.05. The minimum absolute atomic E-state index is 0.136. The molecule has 0 spiro atoms. The molecule has 1 amide bonds. The van der Waals surface area contributed by atoms with Crippen molar-refractivity contribution in [1.82, 2.24) is 19.2 Å². The van der Waals surface area contributed by atoms with Gasteiger partial charge in [-0.2, -0.15) is 4.31 Å². The van der Waals surface area contributed by atoms with Crippen molar-refractivity contribution in [2.24, 2.45) is 0 Å². The molecule has 2 rings (SSSR count). The number of nitrogens with one attached hydrogen (secondary N) is 1. The van der Waals surface area contributed by atoms with Crippen LogP contribution < -0.4 is 5.32 Å². The van der Waals surface area contributed by atoms with Gasteiger partial charge >= 0.3 is 0 Å². The Bertz CT molecular complexity index is 784. The van der Waals surface area contributed by atoms with Crippen molar-refractivity contribution >= 4 is 15.9 Å². The topological polar surface area (TPSA) is 84.3 Å². The largest absolute Gasteiger partial charge is 0.352 e. The lowest BCUT2D eigenvalue weighted by atomic mass is 10.2. The third-order valence-electron chi connectivity index (χ3n) is 3.96. The molecule has 1 aromatic carbocycles. The normalized spacial score (nSPS) is 11.9. The predicted octanol–water partition coefficient (Wildman–Crippen LogP) is 1.73. The predicted molar refractivity (Wildman–Crippen MR) is 95.7 cm³/mol. The van der Waals surface area contributed by atoms with E-state index in [9.17, 15) is 13.2 Å². The van der Waals surface area contributed by atoms with Crippen LogP contribution in [0.15, 0.2) is 47.9 Å². The van der Waals surface area contributed by atoms with E-state index >= 15 is 0 Å². The first-order chi connectivity index (χ1) is 11.8. The number of hydrogen-bond donors (Lipinski definition) is 1. The molecule has 1 aromatic heterocycles. The van der Waals surface area contributed by atoms with Crippen LogP contribution in [0.3, 0.4) is 0 Å². The number of sulfonamides is 1. The van der Waals surface area contributed by atoms with Crippen LogP contribution in [0, 0.1) is 0 Å². The number of benzene rings is 1. The van der Waals surface area contributed by atoms with Gasteiger partial charge in [0.1, 0.15) is 0 Å². The zero-order valence-electron chi connectivity index (χ0n) is 14.7. The lowest BCUT2D eigenvalue weighted by molar-refractivity contribution is 0.0952. The van der Waals surface area contributed by atoms with Crippen molar-refractivity contribution in [3.8, 4) is 0 Å². The van der Waals surface area contributed by atoms with Crippen LogP contribution in [-0.4, -0.2) is 47.8 Å². The van der Waals surface area contributed by atoms with E-state index in [0.29, 0.717) is 12.1 Å². The van der Waals surface area contributed by atoms with Crippen molar-refractivity contribution in [2.75, 3.05) is 13.6 Å². The van der Waals surface area contributed by atoms with E-state index in [2.05, 4.69) is 10.3 Å². The Balaban J connectivity index is 1.91. The number of nitrogens with zero attached hydrogens (tertiary/aromatic N) is 3. The lowest BCUT2D eigenvalue weighted by Crippen LogP contribution is -2.33. The maximum absolute atomic E-state index is 12.4. The number of carbonyl (C=O) groups is 1. The van der Waals surface area contributed by atoms with E-state index in [1.807, 2.05) is 24.6 Å². The molecule has 25 heavy (non-hydrogen) atoms. The van der Waals surface area contributed by atoms with E-state index in [1.165, 1.54) is 28.6 Å². The monoisotopic (exact) mass is 364 g/mol. The zero-order chi connectivity index (χ0) is 18.4. The number of amides is 1. The Kier molecular flexibility index (Phi) is 6.33. The molecule has 0 aliphatic rings. The first-order valence-electron chi connectivity index (χ1n) is 8.14. The Morgan fingerprint density at radius 3 is 2.52 bits per heavy atom. The molecule has 8 heteroatoms. The minimum Gasteiger partial charge on any atom is -0.352 e. The summed E-state index contributed by atoms with van der Waals surface area (Å²) in [7, 11) is -1.99. The van der Waals surface area contributed by atoms with Gasteiger partial charge in [0, 0.05) is 44.1 Å². The summed E-state index contributed by atoms with van der Waals surface area (Å²) in [4.78, 5) is 16.3. The van der Waals surface area contributed by atoms with Crippen molar-refractivity contribution in [3.63, 3.8) is 0 Å². The lowest BCUT2D eigenvalue weighted by Gasteiger charge is -2.21. The number of hydrogen-bond acceptors (Lipinski definition) is 4. The first kappa shape index (κ1) is 19.1. The molecule has 2 aromatic rings. The van der Waals surface area contributed by atoms with Gasteiger partial charge in [-0.15, -0.1) is 0 Å². The summed E-state index contributed by atoms with van der Waals surface area (Å²) < 4.78 is 28.0. The van der Waals surface area contributed by atoms with E-state index in [1.54, 1.807) is 19.6 Å². The summed E-state index contributed by atoms with van der Waals surface area (Å²) in [6.45, 7) is 4.93. The SMILES string of the molecule is CC(C)N(C)S(=O)(=O)c1ccc(C(=O)NCCCn2ccnc2)cc1. The van der Waals surface area contributed by atoms with Crippen molar-refractivity contribution in [3.05, 3.63) is 48.5 Å². The maximum atomic E-state index is 12.4. The molecule has 136 valence electrons. The number of aromatic nitrogens is 2. The van der Waals surface area contributed by atoms with Gasteiger partial charge in [-0.05, 0) is 44.5 Å². The highest BCUT2D eigenvalue weighted by molar-refractivity contribution is 7.89. The Morgan fingerprint density at radius 2 is 1.96 bits per heavy atom. The summed E-state index contributed by atoms with van der Waals surface area (Å²) in [5, 5.41) is 2.83. The Hall–Kier alpha value is -2.19. The first-order valence-corrected chi connectivity index (χ1v) is 9.58. The summed E-state index contributed by atoms with van der Waals surface area (Å²) >= 11 is 0. The van der Waals surface area contributed by atoms with Crippen LogP contribution in [0.4, 0.5) is 0 Å². The molecule has 0 unspecified atom stereocenters. The van der Waals surface area contributed by atoms with Crippen LogP contribution in [0.1, 0.15) is 30.6 Å². The van der Waals surface area contributed by atoms with E-state index in [-0.39, 0.29) is 16.8 Å². The molecule has 0 bridgehead atoms. The molecule has 0 aliphatic carbocycles. The van der Waals surface area contributed by atoms with Gasteiger partial charge < -0.3 is 9.88 Å². The van der Waals surface area contributed by atoms with Crippen LogP contribution in [0.2, 0.25) is 0 Å². The fourth-order valence-corrected chi connectivity index (χ4v) is 3.57. The van der Waals surface area contributed by atoms with Gasteiger partial charge in [0.05, 0.1) is 11.2 Å². The fourth-order valence-electron chi connectivity index (χ4n) is 2.21. The maximum Gasteiger partial charge on any atom is 0.251 e. The second-order valence-corrected chi connectivity index (χ2v) is 8.05. The highest BCUT2D eigenvalue weighted by Gasteiger charge is 2.23. The molecule has 1 N–H and O–H groups in total. The molecule has 0 atom stereocenters. The number of imidazole rings is 1. The summed E-state index contributed by atoms with van der Waals surface area (Å²) in [6.07, 6.45) is 6.10. The third kappa shape index (κ3) is 4.90. The van der Waals surface area contributed by atoms with Gasteiger partial charge in [-0.25, -0.2) is 13.4 Å². The zero-order valence-corrected chi connectivity index (χ0v) is 15.5. The number of carbonyl (C=O) groups excluding carboxylic acids is 1. The third-order valence-corrected chi connectivity index (χ3v) is 6.01. The standard InChI is InChI=1S/C17H24N4O3S/c1-14(2)20(3)25(23,24)16-7-5-15(6-8-16)17(22)19-9-4-11-21-12-10-18-13-21/h5-8,10,12-14H,4,9,11H2,1-3H3,(H,19,22). The van der Waals surface area contributed by atoms with E-state index in [0.717, 1.165) is 13.0 Å². The van der Waals surface area contributed by atoms with Gasteiger partial charge in [-0.1, -0.05) is 0 Å². The minimum atomic E-state index is -3.53. The molecule has 0 saturated heterocycles. The average Bonchev–Trinajstić information content (AvgIpc) is 3.11. The molecule has 1 heterocycles. The van der Waals surface area contributed by atoms with Crippen LogP contribution in [0.25, 0.3) is 0 Å². The Morgan fingerprint density at radius 1 is 1.28 bits per heavy atom. The van der Waals surface area contributed by atoms with Crippen LogP contribution in [0.5, 0.6) is 0 Å². The molecular weight excluding hydrogens is 340 g/mol. The molecule has 0 saturated carbocycles. The van der Waals surface area contributed by atoms with Crippen molar-refractivity contribution in [2.45, 2.75) is 37.8 Å². The molecule has 0 radical (unpaired) electrons. The van der Waals surface area contributed by atoms with Gasteiger partial charge in [0.25, 0.3) is 5.91 Å². The second kappa shape index (κ2) is 8.26. The highest BCUT2D eigenvalue weighted by Crippen LogP contribution is 2.17. The molecule has 0 fully saturated rings. The number of aryl methyl sites for hydroxylation is 1. The quantitative estimate of drug-likeness (QED) is 0.723. The summed E-state index contributed by atoms with van der Waals surface area (Å²) in [5.74, 6) is -0.216. The van der Waals surface area contributed by atoms with Gasteiger partial charge in [0.2, 0.25) is 10.0 Å². The highest BCUT2D eigenvalue weighted by atomic mass is 32.2. The molecule has 7 nitrogen and oxygen atoms in total. The van der Waals surface area contributed by atoms with Gasteiger partial charge in [0.15, 0.2) is 0 Å². The average molecular weight is 364 g/mol. The fraction of sp³-hybridized carbons (Fsp3) is 0.412. The van der Waals surface area contributed by atoms with Crippen LogP contribution in [-0.2, 0) is 16.6 Å². The van der Waals surface area contributed by atoms with Crippen molar-refractivity contribution < 1.29 is 13.2 Å². The summed E-state index contributed by atoms with van der Waals surface area (Å²) in [6, 6.07) is 5.87. The molecular formula is C17H24N4O3S. The smallest absolute Gasteiger partial charge is 0.251 e. The van der Waals surface area contributed by atoms with Crippen molar-refractivity contribution in [1.29, 1.82) is 0 Å². The number of rotatable bonds is 8. The van der Waals surface area contributed by atoms with E-state index < -0.39 is 10.0 Å². The Labute approximate surface area is 148 Å². The van der Waals surface area contributed by atoms with E-state index in [4.69, 9.17) is 0 Å². The van der Waals surface area contributed by atoms with Gasteiger partial charge in [-0.3, -0.25) is 4.79 Å². The molecule has 0 aliphatic heterocycles.